The van der Waals surface area contributed by atoms with Gasteiger partial charge in [0, 0.05) is 17.9 Å². The summed E-state index contributed by atoms with van der Waals surface area (Å²) in [6.45, 7) is 9.14. The summed E-state index contributed by atoms with van der Waals surface area (Å²) in [7, 11) is 1.28. The number of hydrogen-bond acceptors (Lipinski definition) is 5. The van der Waals surface area contributed by atoms with Crippen LogP contribution in [-0.2, 0) is 16.1 Å². The fourth-order valence-corrected chi connectivity index (χ4v) is 3.54. The van der Waals surface area contributed by atoms with Crippen molar-refractivity contribution in [3.05, 3.63) is 45.6 Å². The van der Waals surface area contributed by atoms with Crippen molar-refractivity contribution >= 4 is 34.3 Å². The van der Waals surface area contributed by atoms with E-state index in [0.29, 0.717) is 10.9 Å². The maximum atomic E-state index is 12.5. The summed E-state index contributed by atoms with van der Waals surface area (Å²) < 4.78 is 6.88. The molecule has 0 aliphatic carbocycles. The molecule has 2 rings (SSSR count). The molecule has 7 heteroatoms. The number of anilines is 1. The minimum Gasteiger partial charge on any atom is -0.465 e. The number of methoxy groups -OCH3 is 1. The smallest absolute Gasteiger partial charge is 0.340 e. The number of hydrogen-bond donors (Lipinski definition) is 1. The Kier molecular flexibility index (Phi) is 6.59. The number of nitriles is 1. The van der Waals surface area contributed by atoms with Crippen molar-refractivity contribution in [2.75, 3.05) is 12.4 Å². The molecule has 1 N–H and O–H groups in total. The van der Waals surface area contributed by atoms with E-state index in [1.165, 1.54) is 18.4 Å². The highest BCUT2D eigenvalue weighted by atomic mass is 32.1. The van der Waals surface area contributed by atoms with Gasteiger partial charge in [0.05, 0.1) is 12.7 Å². The molecule has 0 bridgehead atoms. The minimum atomic E-state index is -0.557. The number of carbonyl (C=O) groups excluding carboxylic acids is 2. The Morgan fingerprint density at radius 3 is 2.70 bits per heavy atom. The predicted octanol–water partition coefficient (Wildman–Crippen LogP) is 4.15. The van der Waals surface area contributed by atoms with Gasteiger partial charge in [0.25, 0.3) is 5.91 Å². The van der Waals surface area contributed by atoms with E-state index in [9.17, 15) is 14.9 Å². The fourth-order valence-electron chi connectivity index (χ4n) is 2.77. The van der Waals surface area contributed by atoms with Crippen molar-refractivity contribution < 1.29 is 14.3 Å². The number of nitrogens with one attached hydrogen (secondary N) is 1. The summed E-state index contributed by atoms with van der Waals surface area (Å²) in [5.41, 5.74) is 3.16. The van der Waals surface area contributed by atoms with Gasteiger partial charge in [-0.3, -0.25) is 4.79 Å². The third-order valence-electron chi connectivity index (χ3n) is 4.12. The second kappa shape index (κ2) is 8.69. The molecule has 2 aromatic rings. The molecule has 0 atom stereocenters. The lowest BCUT2D eigenvalue weighted by Gasteiger charge is -2.12. The topological polar surface area (TPSA) is 84.1 Å². The number of rotatable bonds is 6. The molecule has 0 saturated heterocycles. The summed E-state index contributed by atoms with van der Waals surface area (Å²) in [5.74, 6) is -0.606. The Hall–Kier alpha value is -2.85. The monoisotopic (exact) mass is 385 g/mol. The number of esters is 1. The lowest BCUT2D eigenvalue weighted by Crippen LogP contribution is -2.15. The van der Waals surface area contributed by atoms with Gasteiger partial charge in [-0.05, 0) is 48.9 Å². The van der Waals surface area contributed by atoms with Crippen molar-refractivity contribution in [1.82, 2.24) is 4.57 Å². The van der Waals surface area contributed by atoms with Crippen LogP contribution in [-0.4, -0.2) is 23.6 Å². The van der Waals surface area contributed by atoms with Crippen LogP contribution in [0.5, 0.6) is 0 Å². The molecule has 0 unspecified atom stereocenters. The second-order valence-corrected chi connectivity index (χ2v) is 7.53. The maximum Gasteiger partial charge on any atom is 0.340 e. The van der Waals surface area contributed by atoms with Gasteiger partial charge in [0.1, 0.15) is 16.6 Å². The van der Waals surface area contributed by atoms with Crippen LogP contribution in [0.25, 0.3) is 6.08 Å². The van der Waals surface area contributed by atoms with E-state index in [2.05, 4.69) is 23.7 Å². The van der Waals surface area contributed by atoms with E-state index < -0.39 is 11.9 Å². The Balaban J connectivity index is 2.30. The molecule has 6 nitrogen and oxygen atoms in total. The highest BCUT2D eigenvalue weighted by molar-refractivity contribution is 7.14. The molecule has 1 amide bonds. The number of thiophene rings is 1. The van der Waals surface area contributed by atoms with Crippen LogP contribution < -0.4 is 5.32 Å². The first-order chi connectivity index (χ1) is 12.8. The molecule has 0 aliphatic heterocycles. The van der Waals surface area contributed by atoms with E-state index in [-0.39, 0.29) is 11.1 Å². The lowest BCUT2D eigenvalue weighted by atomic mass is 10.1. The number of ether oxygens (including phenoxy) is 1. The molecule has 2 aromatic heterocycles. The first-order valence-electron chi connectivity index (χ1n) is 8.54. The number of amides is 1. The van der Waals surface area contributed by atoms with Gasteiger partial charge in [-0.1, -0.05) is 13.8 Å². The SMILES string of the molecule is COC(=O)c1ccsc1NC(=O)/C(C#N)=C\c1cc(C)n(CC(C)C)c1C. The average Bonchev–Trinajstić information content (AvgIpc) is 3.18. The zero-order valence-corrected chi connectivity index (χ0v) is 16.9. The Labute approximate surface area is 163 Å². The molecule has 27 heavy (non-hydrogen) atoms. The van der Waals surface area contributed by atoms with Gasteiger partial charge in [0.2, 0.25) is 0 Å². The molecule has 142 valence electrons. The summed E-state index contributed by atoms with van der Waals surface area (Å²) in [6, 6.07) is 5.49. The molecule has 0 spiro atoms. The predicted molar refractivity (Wildman–Crippen MR) is 107 cm³/mol. The number of aromatic nitrogens is 1. The third-order valence-corrected chi connectivity index (χ3v) is 4.95. The van der Waals surface area contributed by atoms with Crippen LogP contribution in [0.4, 0.5) is 5.00 Å². The summed E-state index contributed by atoms with van der Waals surface area (Å²) in [4.78, 5) is 24.3. The molecular weight excluding hydrogens is 362 g/mol. The standard InChI is InChI=1S/C20H23N3O3S/c1-12(2)11-23-13(3)8-15(14(23)4)9-16(10-21)18(24)22-19-17(6-7-27-19)20(25)26-5/h6-9,12H,11H2,1-5H3,(H,22,24)/b16-9-. The number of nitrogens with zero attached hydrogens (tertiary/aromatic N) is 2. The average molecular weight is 385 g/mol. The van der Waals surface area contributed by atoms with Gasteiger partial charge >= 0.3 is 5.97 Å². The zero-order chi connectivity index (χ0) is 20.1. The molecular formula is C20H23N3O3S. The van der Waals surface area contributed by atoms with Crippen molar-refractivity contribution in [2.24, 2.45) is 5.92 Å². The fraction of sp³-hybridized carbons (Fsp3) is 0.350. The van der Waals surface area contributed by atoms with E-state index in [1.54, 1.807) is 17.5 Å². The Morgan fingerprint density at radius 1 is 1.41 bits per heavy atom. The van der Waals surface area contributed by atoms with Crippen molar-refractivity contribution in [2.45, 2.75) is 34.2 Å². The van der Waals surface area contributed by atoms with Gasteiger partial charge in [0.15, 0.2) is 0 Å². The molecule has 0 aromatic carbocycles. The molecule has 0 fully saturated rings. The summed E-state index contributed by atoms with van der Waals surface area (Å²) in [6.07, 6.45) is 1.58. The van der Waals surface area contributed by atoms with Crippen molar-refractivity contribution in [3.8, 4) is 6.07 Å². The van der Waals surface area contributed by atoms with Gasteiger partial charge in [-0.25, -0.2) is 4.79 Å². The third kappa shape index (κ3) is 4.66. The van der Waals surface area contributed by atoms with E-state index in [4.69, 9.17) is 4.74 Å². The number of carbonyl (C=O) groups is 2. The van der Waals surface area contributed by atoms with E-state index >= 15 is 0 Å². The van der Waals surface area contributed by atoms with Gasteiger partial charge in [-0.2, -0.15) is 5.26 Å². The highest BCUT2D eigenvalue weighted by Crippen LogP contribution is 2.25. The molecule has 0 radical (unpaired) electrons. The van der Waals surface area contributed by atoms with Crippen LogP contribution in [0.15, 0.2) is 23.1 Å². The van der Waals surface area contributed by atoms with E-state index in [0.717, 1.165) is 23.5 Å². The molecule has 0 aliphatic rings. The van der Waals surface area contributed by atoms with Crippen molar-refractivity contribution in [3.63, 3.8) is 0 Å². The lowest BCUT2D eigenvalue weighted by molar-refractivity contribution is -0.112. The first-order valence-corrected chi connectivity index (χ1v) is 9.42. The molecule has 0 saturated carbocycles. The second-order valence-electron chi connectivity index (χ2n) is 6.61. The van der Waals surface area contributed by atoms with Gasteiger partial charge in [-0.15, -0.1) is 11.3 Å². The van der Waals surface area contributed by atoms with Crippen LogP contribution in [0.2, 0.25) is 0 Å². The zero-order valence-electron chi connectivity index (χ0n) is 16.1. The van der Waals surface area contributed by atoms with Crippen LogP contribution in [0, 0.1) is 31.1 Å². The summed E-state index contributed by atoms with van der Waals surface area (Å²) >= 11 is 1.20. The normalized spacial score (nSPS) is 11.4. The number of aryl methyl sites for hydroxylation is 1. The van der Waals surface area contributed by atoms with Gasteiger partial charge < -0.3 is 14.6 Å². The minimum absolute atomic E-state index is 0.0241. The maximum absolute atomic E-state index is 12.5. The molecule has 2 heterocycles. The van der Waals surface area contributed by atoms with Crippen LogP contribution in [0.1, 0.15) is 41.2 Å². The largest absolute Gasteiger partial charge is 0.465 e. The summed E-state index contributed by atoms with van der Waals surface area (Å²) in [5, 5.41) is 14.1. The van der Waals surface area contributed by atoms with Crippen LogP contribution in [0.3, 0.4) is 0 Å². The quantitative estimate of drug-likeness (QED) is 0.460. The Morgan fingerprint density at radius 2 is 2.11 bits per heavy atom. The Bertz CT molecular complexity index is 929. The highest BCUT2D eigenvalue weighted by Gasteiger charge is 2.18. The first kappa shape index (κ1) is 20.5. The van der Waals surface area contributed by atoms with Crippen LogP contribution >= 0.6 is 11.3 Å². The van der Waals surface area contributed by atoms with E-state index in [1.807, 2.05) is 26.0 Å². The van der Waals surface area contributed by atoms with Crippen molar-refractivity contribution in [1.29, 1.82) is 5.26 Å².